The van der Waals surface area contributed by atoms with Gasteiger partial charge < -0.3 is 15.8 Å². The third-order valence-corrected chi connectivity index (χ3v) is 2.97. The lowest BCUT2D eigenvalue weighted by Crippen LogP contribution is -2.25. The zero-order chi connectivity index (χ0) is 15.1. The quantitative estimate of drug-likeness (QED) is 0.425. The number of halogens is 2. The maximum Gasteiger partial charge on any atom is 0.193 e. The van der Waals surface area contributed by atoms with Crippen molar-refractivity contribution in [2.24, 2.45) is 10.7 Å². The van der Waals surface area contributed by atoms with Crippen LogP contribution in [-0.2, 0) is 0 Å². The first-order valence-corrected chi connectivity index (χ1v) is 7.05. The van der Waals surface area contributed by atoms with Crippen LogP contribution in [0.25, 0.3) is 0 Å². The Balaban J connectivity index is 0.00000242. The van der Waals surface area contributed by atoms with E-state index in [2.05, 4.69) is 10.3 Å². The highest BCUT2D eigenvalue weighted by atomic mass is 127. The molecule has 0 radical (unpaired) electrons. The van der Waals surface area contributed by atoms with Gasteiger partial charge in [-0.2, -0.15) is 0 Å². The maximum atomic E-state index is 5.83. The minimum atomic E-state index is -0.0812. The van der Waals surface area contributed by atoms with E-state index < -0.39 is 0 Å². The van der Waals surface area contributed by atoms with E-state index in [1.165, 1.54) is 0 Å². The number of hydrogen-bond acceptors (Lipinski definition) is 2. The second kappa shape index (κ2) is 9.53. The van der Waals surface area contributed by atoms with E-state index >= 15 is 0 Å². The number of guanidine groups is 1. The average molecular weight is 432 g/mol. The van der Waals surface area contributed by atoms with Crippen molar-refractivity contribution >= 4 is 47.2 Å². The molecule has 118 valence electrons. The molecule has 2 rings (SSSR count). The number of nitrogens with one attached hydrogen (secondary N) is 1. The normalized spacial score (nSPS) is 12.2. The fraction of sp³-hybridized carbons (Fsp3) is 0.188. The number of hydrogen-bond donors (Lipinski definition) is 2. The molecule has 4 nitrogen and oxygen atoms in total. The third-order valence-electron chi connectivity index (χ3n) is 2.72. The third kappa shape index (κ3) is 6.53. The Labute approximate surface area is 152 Å². The van der Waals surface area contributed by atoms with Crippen LogP contribution in [0.3, 0.4) is 0 Å². The number of benzene rings is 2. The number of anilines is 1. The Morgan fingerprint density at radius 2 is 1.82 bits per heavy atom. The highest BCUT2D eigenvalue weighted by Crippen LogP contribution is 2.16. The second-order valence-corrected chi connectivity index (χ2v) is 5.04. The van der Waals surface area contributed by atoms with E-state index in [0.29, 0.717) is 17.5 Å². The molecule has 6 heteroatoms. The van der Waals surface area contributed by atoms with Crippen molar-refractivity contribution in [3.05, 3.63) is 59.6 Å². The van der Waals surface area contributed by atoms with Gasteiger partial charge in [0.2, 0.25) is 0 Å². The summed E-state index contributed by atoms with van der Waals surface area (Å²) in [6.07, 6.45) is -0.0812. The van der Waals surface area contributed by atoms with Crippen molar-refractivity contribution < 1.29 is 4.74 Å². The lowest BCUT2D eigenvalue weighted by Gasteiger charge is -2.13. The van der Waals surface area contributed by atoms with Crippen LogP contribution in [0.2, 0.25) is 5.02 Å². The van der Waals surface area contributed by atoms with Crippen LogP contribution in [0.4, 0.5) is 5.69 Å². The van der Waals surface area contributed by atoms with Crippen molar-refractivity contribution in [1.82, 2.24) is 0 Å². The zero-order valence-electron chi connectivity index (χ0n) is 12.2. The second-order valence-electron chi connectivity index (χ2n) is 4.60. The van der Waals surface area contributed by atoms with Gasteiger partial charge in [0.15, 0.2) is 5.96 Å². The number of rotatable bonds is 5. The molecule has 0 saturated carbocycles. The number of ether oxygens (including phenoxy) is 1. The van der Waals surface area contributed by atoms with E-state index in [0.717, 1.165) is 11.4 Å². The standard InChI is InChI=1S/C16H18ClN3O.HI/c1-12(21-15-9-7-13(17)8-10-15)11-19-16(18)20-14-5-3-2-4-6-14;/h2-10,12H,11H2,1H3,(H3,18,19,20);1H. The molecule has 0 aliphatic carbocycles. The summed E-state index contributed by atoms with van der Waals surface area (Å²) < 4.78 is 5.72. The Morgan fingerprint density at radius 1 is 1.18 bits per heavy atom. The van der Waals surface area contributed by atoms with E-state index in [9.17, 15) is 0 Å². The Morgan fingerprint density at radius 3 is 2.45 bits per heavy atom. The van der Waals surface area contributed by atoms with Gasteiger partial charge in [-0.1, -0.05) is 29.8 Å². The number of para-hydroxylation sites is 1. The zero-order valence-corrected chi connectivity index (χ0v) is 15.3. The highest BCUT2D eigenvalue weighted by molar-refractivity contribution is 14.0. The summed E-state index contributed by atoms with van der Waals surface area (Å²) in [5.74, 6) is 1.13. The average Bonchev–Trinajstić information content (AvgIpc) is 2.49. The van der Waals surface area contributed by atoms with E-state index in [1.54, 1.807) is 12.1 Å². The first kappa shape index (κ1) is 18.6. The van der Waals surface area contributed by atoms with Crippen LogP contribution in [0, 0.1) is 0 Å². The predicted molar refractivity (Wildman–Crippen MR) is 104 cm³/mol. The summed E-state index contributed by atoms with van der Waals surface area (Å²) in [6, 6.07) is 16.9. The van der Waals surface area contributed by atoms with Gasteiger partial charge in [-0.25, -0.2) is 4.99 Å². The Bertz CT molecular complexity index is 590. The van der Waals surface area contributed by atoms with E-state index in [-0.39, 0.29) is 30.1 Å². The molecule has 0 saturated heterocycles. The topological polar surface area (TPSA) is 59.6 Å². The SMILES string of the molecule is CC(CN=C(N)Nc1ccccc1)Oc1ccc(Cl)cc1.I. The van der Waals surface area contributed by atoms with Gasteiger partial charge in [0.1, 0.15) is 11.9 Å². The van der Waals surface area contributed by atoms with Crippen LogP contribution >= 0.6 is 35.6 Å². The molecule has 0 heterocycles. The predicted octanol–water partition coefficient (Wildman–Crippen LogP) is 4.15. The summed E-state index contributed by atoms with van der Waals surface area (Å²) in [7, 11) is 0. The molecular formula is C16H19ClIN3O. The lowest BCUT2D eigenvalue weighted by molar-refractivity contribution is 0.230. The Kier molecular flexibility index (Phi) is 8.05. The van der Waals surface area contributed by atoms with Crippen LogP contribution in [-0.4, -0.2) is 18.6 Å². The van der Waals surface area contributed by atoms with Gasteiger partial charge in [-0.05, 0) is 43.3 Å². The van der Waals surface area contributed by atoms with Crippen molar-refractivity contribution in [2.75, 3.05) is 11.9 Å². The molecule has 22 heavy (non-hydrogen) atoms. The number of nitrogens with zero attached hydrogens (tertiary/aromatic N) is 1. The number of nitrogens with two attached hydrogens (primary N) is 1. The molecule has 3 N–H and O–H groups in total. The molecule has 0 aliphatic rings. The monoisotopic (exact) mass is 431 g/mol. The molecule has 0 aromatic heterocycles. The molecule has 1 unspecified atom stereocenters. The van der Waals surface area contributed by atoms with Crippen molar-refractivity contribution in [2.45, 2.75) is 13.0 Å². The van der Waals surface area contributed by atoms with Crippen LogP contribution in [0.5, 0.6) is 5.75 Å². The van der Waals surface area contributed by atoms with E-state index in [4.69, 9.17) is 22.1 Å². The molecule has 2 aromatic rings. The number of aliphatic imine (C=N–C) groups is 1. The molecule has 0 spiro atoms. The van der Waals surface area contributed by atoms with Crippen molar-refractivity contribution in [3.63, 3.8) is 0 Å². The molecule has 0 amide bonds. The molecule has 0 fully saturated rings. The van der Waals surface area contributed by atoms with Gasteiger partial charge in [0.25, 0.3) is 0 Å². The summed E-state index contributed by atoms with van der Waals surface area (Å²) in [5, 5.41) is 3.71. The highest BCUT2D eigenvalue weighted by Gasteiger charge is 2.03. The summed E-state index contributed by atoms with van der Waals surface area (Å²) in [6.45, 7) is 2.40. The summed E-state index contributed by atoms with van der Waals surface area (Å²) in [4.78, 5) is 4.27. The van der Waals surface area contributed by atoms with Gasteiger partial charge in [-0.15, -0.1) is 24.0 Å². The van der Waals surface area contributed by atoms with Crippen LogP contribution < -0.4 is 15.8 Å². The summed E-state index contributed by atoms with van der Waals surface area (Å²) in [5.41, 5.74) is 6.74. The largest absolute Gasteiger partial charge is 0.489 e. The van der Waals surface area contributed by atoms with Gasteiger partial charge in [-0.3, -0.25) is 0 Å². The molecule has 2 aromatic carbocycles. The van der Waals surface area contributed by atoms with Gasteiger partial charge in [0.05, 0.1) is 6.54 Å². The minimum Gasteiger partial charge on any atom is -0.489 e. The first-order chi connectivity index (χ1) is 10.1. The van der Waals surface area contributed by atoms with Crippen LogP contribution in [0.15, 0.2) is 59.6 Å². The fourth-order valence-electron chi connectivity index (χ4n) is 1.72. The molecule has 0 aliphatic heterocycles. The van der Waals surface area contributed by atoms with Crippen molar-refractivity contribution in [1.29, 1.82) is 0 Å². The lowest BCUT2D eigenvalue weighted by atomic mass is 10.3. The maximum absolute atomic E-state index is 5.83. The Hall–Kier alpha value is -1.47. The van der Waals surface area contributed by atoms with Crippen molar-refractivity contribution in [3.8, 4) is 5.75 Å². The smallest absolute Gasteiger partial charge is 0.193 e. The minimum absolute atomic E-state index is 0. The first-order valence-electron chi connectivity index (χ1n) is 6.67. The molecular weight excluding hydrogens is 413 g/mol. The molecule has 1 atom stereocenters. The van der Waals surface area contributed by atoms with Gasteiger partial charge >= 0.3 is 0 Å². The van der Waals surface area contributed by atoms with Gasteiger partial charge in [0, 0.05) is 10.7 Å². The molecule has 0 bridgehead atoms. The summed E-state index contributed by atoms with van der Waals surface area (Å²) >= 11 is 5.83. The fourth-order valence-corrected chi connectivity index (χ4v) is 1.84. The van der Waals surface area contributed by atoms with Crippen LogP contribution in [0.1, 0.15) is 6.92 Å². The van der Waals surface area contributed by atoms with E-state index in [1.807, 2.05) is 49.4 Å².